The zero-order valence-corrected chi connectivity index (χ0v) is 16.7. The zero-order chi connectivity index (χ0) is 20.9. The molecule has 8 heteroatoms. The highest BCUT2D eigenvalue weighted by Gasteiger charge is 2.10. The van der Waals surface area contributed by atoms with Gasteiger partial charge in [-0.1, -0.05) is 24.3 Å². The van der Waals surface area contributed by atoms with Gasteiger partial charge in [-0.2, -0.15) is 13.9 Å². The highest BCUT2D eigenvalue weighted by Crippen LogP contribution is 2.24. The van der Waals surface area contributed by atoms with Crippen molar-refractivity contribution in [3.63, 3.8) is 0 Å². The highest BCUT2D eigenvalue weighted by atomic mass is 32.1. The van der Waals surface area contributed by atoms with Crippen LogP contribution in [0.3, 0.4) is 0 Å². The average molecular weight is 424 g/mol. The summed E-state index contributed by atoms with van der Waals surface area (Å²) in [7, 11) is 0. The lowest BCUT2D eigenvalue weighted by Gasteiger charge is -2.06. The molecule has 0 atom stereocenters. The molecular weight excluding hydrogens is 406 g/mol. The Kier molecular flexibility index (Phi) is 5.85. The van der Waals surface area contributed by atoms with Crippen molar-refractivity contribution in [1.29, 1.82) is 0 Å². The van der Waals surface area contributed by atoms with Crippen molar-refractivity contribution in [2.75, 3.05) is 6.54 Å². The van der Waals surface area contributed by atoms with Gasteiger partial charge in [-0.3, -0.25) is 4.99 Å². The first-order valence-corrected chi connectivity index (χ1v) is 10.0. The van der Waals surface area contributed by atoms with E-state index in [0.717, 1.165) is 27.7 Å². The van der Waals surface area contributed by atoms with Crippen LogP contribution in [0.5, 0.6) is 5.75 Å². The molecule has 0 amide bonds. The van der Waals surface area contributed by atoms with Crippen LogP contribution in [-0.4, -0.2) is 29.0 Å². The Balaban J connectivity index is 1.74. The fourth-order valence-corrected chi connectivity index (χ4v) is 3.84. The number of fused-ring (bicyclic) bond motifs is 1. The molecule has 0 bridgehead atoms. The number of nitrogens with one attached hydrogen (secondary N) is 1. The van der Waals surface area contributed by atoms with E-state index in [9.17, 15) is 8.78 Å². The van der Waals surface area contributed by atoms with Gasteiger partial charge in [0.15, 0.2) is 0 Å². The SMILES string of the molecule is C=CCN=c1scc(-c2ccc(OC(F)F)cc2)n1N=Cc1c[nH]c2ccccc12. The van der Waals surface area contributed by atoms with Crippen molar-refractivity contribution in [2.24, 2.45) is 10.1 Å². The van der Waals surface area contributed by atoms with E-state index in [1.807, 2.05) is 35.8 Å². The number of thiazole rings is 1. The standard InChI is InChI=1S/C22H18F2N4OS/c1-2-11-25-22-28(27-13-16-12-26-19-6-4-3-5-18(16)19)20(14-30-22)15-7-9-17(10-8-15)29-21(23)24/h2-10,12-14,21,26H,1,11H2. The molecule has 5 nitrogen and oxygen atoms in total. The summed E-state index contributed by atoms with van der Waals surface area (Å²) in [6.45, 7) is 1.32. The monoisotopic (exact) mass is 424 g/mol. The van der Waals surface area contributed by atoms with Gasteiger partial charge in [-0.15, -0.1) is 17.9 Å². The van der Waals surface area contributed by atoms with Crippen LogP contribution in [0.4, 0.5) is 8.78 Å². The van der Waals surface area contributed by atoms with E-state index in [1.165, 1.54) is 23.5 Å². The fourth-order valence-electron chi connectivity index (χ4n) is 2.99. The number of aromatic nitrogens is 2. The number of alkyl halides is 2. The molecule has 30 heavy (non-hydrogen) atoms. The Bertz CT molecular complexity index is 1250. The van der Waals surface area contributed by atoms with Gasteiger partial charge < -0.3 is 9.72 Å². The Morgan fingerprint density at radius 1 is 1.17 bits per heavy atom. The normalized spacial score (nSPS) is 12.3. The molecule has 0 aliphatic rings. The maximum absolute atomic E-state index is 12.4. The molecule has 0 radical (unpaired) electrons. The number of para-hydroxylation sites is 1. The molecule has 0 aliphatic heterocycles. The van der Waals surface area contributed by atoms with Gasteiger partial charge in [0.25, 0.3) is 0 Å². The third-order valence-electron chi connectivity index (χ3n) is 4.35. The summed E-state index contributed by atoms with van der Waals surface area (Å²) < 4.78 is 31.0. The van der Waals surface area contributed by atoms with Crippen LogP contribution >= 0.6 is 11.3 Å². The third kappa shape index (κ3) is 4.23. The number of hydrogen-bond donors (Lipinski definition) is 1. The van der Waals surface area contributed by atoms with Crippen molar-refractivity contribution in [3.05, 3.63) is 83.1 Å². The number of hydrogen-bond acceptors (Lipinski definition) is 4. The van der Waals surface area contributed by atoms with Crippen LogP contribution in [-0.2, 0) is 0 Å². The Labute approximate surface area is 175 Å². The lowest BCUT2D eigenvalue weighted by Crippen LogP contribution is -2.12. The number of halogens is 2. The maximum Gasteiger partial charge on any atom is 0.387 e. The first-order chi connectivity index (χ1) is 14.7. The van der Waals surface area contributed by atoms with Crippen molar-refractivity contribution >= 4 is 28.5 Å². The van der Waals surface area contributed by atoms with Crippen LogP contribution in [0.2, 0.25) is 0 Å². The summed E-state index contributed by atoms with van der Waals surface area (Å²) in [5.41, 5.74) is 3.58. The van der Waals surface area contributed by atoms with Gasteiger partial charge in [0, 0.05) is 33.6 Å². The van der Waals surface area contributed by atoms with E-state index >= 15 is 0 Å². The Hall–Kier alpha value is -3.52. The van der Waals surface area contributed by atoms with Crippen LogP contribution in [0, 0.1) is 0 Å². The largest absolute Gasteiger partial charge is 0.435 e. The molecule has 2 aromatic heterocycles. The maximum atomic E-state index is 12.4. The van der Waals surface area contributed by atoms with E-state index in [1.54, 1.807) is 29.1 Å². The van der Waals surface area contributed by atoms with Crippen molar-refractivity contribution in [3.8, 4) is 17.0 Å². The molecule has 4 aromatic rings. The summed E-state index contributed by atoms with van der Waals surface area (Å²) in [6, 6.07) is 14.4. The number of H-pyrrole nitrogens is 1. The molecule has 0 fully saturated rings. The smallest absolute Gasteiger partial charge is 0.387 e. The molecule has 0 unspecified atom stereocenters. The molecule has 152 valence electrons. The molecule has 0 saturated heterocycles. The highest BCUT2D eigenvalue weighted by molar-refractivity contribution is 7.07. The molecule has 0 spiro atoms. The zero-order valence-electron chi connectivity index (χ0n) is 15.8. The quantitative estimate of drug-likeness (QED) is 0.319. The molecular formula is C22H18F2N4OS. The molecule has 2 aromatic carbocycles. The summed E-state index contributed by atoms with van der Waals surface area (Å²) in [5.74, 6) is 0.106. The van der Waals surface area contributed by atoms with E-state index in [-0.39, 0.29) is 5.75 Å². The van der Waals surface area contributed by atoms with E-state index in [4.69, 9.17) is 0 Å². The average Bonchev–Trinajstić information content (AvgIpc) is 3.34. The van der Waals surface area contributed by atoms with Crippen LogP contribution in [0.25, 0.3) is 22.2 Å². The van der Waals surface area contributed by atoms with E-state index in [2.05, 4.69) is 26.4 Å². The minimum Gasteiger partial charge on any atom is -0.435 e. The minimum atomic E-state index is -2.85. The van der Waals surface area contributed by atoms with Gasteiger partial charge >= 0.3 is 6.61 Å². The predicted octanol–water partition coefficient (Wildman–Crippen LogP) is 5.27. The van der Waals surface area contributed by atoms with E-state index < -0.39 is 6.61 Å². The van der Waals surface area contributed by atoms with E-state index in [0.29, 0.717) is 11.3 Å². The molecule has 0 aliphatic carbocycles. The molecule has 0 saturated carbocycles. The molecule has 2 heterocycles. The second-order valence-corrected chi connectivity index (χ2v) is 7.12. The van der Waals surface area contributed by atoms with Crippen LogP contribution in [0.1, 0.15) is 5.56 Å². The fraction of sp³-hybridized carbons (Fsp3) is 0.0909. The van der Waals surface area contributed by atoms with Gasteiger partial charge in [0.2, 0.25) is 4.80 Å². The van der Waals surface area contributed by atoms with Gasteiger partial charge in [-0.25, -0.2) is 4.68 Å². The summed E-state index contributed by atoms with van der Waals surface area (Å²) in [4.78, 5) is 8.44. The molecule has 1 N–H and O–H groups in total. The number of nitrogens with zero attached hydrogens (tertiary/aromatic N) is 3. The lowest BCUT2D eigenvalue weighted by atomic mass is 10.2. The first-order valence-electron chi connectivity index (χ1n) is 9.13. The Morgan fingerprint density at radius 3 is 2.73 bits per heavy atom. The Morgan fingerprint density at radius 2 is 1.97 bits per heavy atom. The van der Waals surface area contributed by atoms with Crippen molar-refractivity contribution in [2.45, 2.75) is 6.61 Å². The number of aromatic amines is 1. The molecule has 4 rings (SSSR count). The van der Waals surface area contributed by atoms with Gasteiger partial charge in [-0.05, 0) is 30.3 Å². The first kappa shape index (κ1) is 19.8. The van der Waals surface area contributed by atoms with Crippen LogP contribution < -0.4 is 9.54 Å². The van der Waals surface area contributed by atoms with Crippen LogP contribution in [0.15, 0.2) is 82.9 Å². The van der Waals surface area contributed by atoms with Gasteiger partial charge in [0.1, 0.15) is 5.75 Å². The number of benzene rings is 2. The van der Waals surface area contributed by atoms with Crippen molar-refractivity contribution < 1.29 is 13.5 Å². The summed E-state index contributed by atoms with van der Waals surface area (Å²) in [6.07, 6.45) is 5.39. The van der Waals surface area contributed by atoms with Crippen molar-refractivity contribution in [1.82, 2.24) is 9.66 Å². The third-order valence-corrected chi connectivity index (χ3v) is 5.20. The lowest BCUT2D eigenvalue weighted by molar-refractivity contribution is -0.0498. The topological polar surface area (TPSA) is 54.7 Å². The number of ether oxygens (including phenoxy) is 1. The predicted molar refractivity (Wildman–Crippen MR) is 116 cm³/mol. The second-order valence-electron chi connectivity index (χ2n) is 6.28. The minimum absolute atomic E-state index is 0.106. The second kappa shape index (κ2) is 8.87. The summed E-state index contributed by atoms with van der Waals surface area (Å²) >= 11 is 1.44. The van der Waals surface area contributed by atoms with Gasteiger partial charge in [0.05, 0.1) is 18.5 Å². The summed E-state index contributed by atoms with van der Waals surface area (Å²) in [5, 5.41) is 7.66. The number of rotatable bonds is 7.